The highest BCUT2D eigenvalue weighted by Crippen LogP contribution is 2.29. The number of halogens is 1. The highest BCUT2D eigenvalue weighted by Gasteiger charge is 2.19. The lowest BCUT2D eigenvalue weighted by Crippen LogP contribution is -2.13. The molecule has 0 bridgehead atoms. The molecule has 14 heavy (non-hydrogen) atoms. The average molecular weight is 191 g/mol. The summed E-state index contributed by atoms with van der Waals surface area (Å²) in [5.74, 6) is -0.101. The fourth-order valence-electron chi connectivity index (χ4n) is 1.68. The number of rotatable bonds is 0. The summed E-state index contributed by atoms with van der Waals surface area (Å²) in [6, 6.07) is 5.56. The molecule has 0 radical (unpaired) electrons. The van der Waals surface area contributed by atoms with Crippen LogP contribution in [-0.2, 0) is 5.41 Å². The SMILES string of the molecule is CC(C)(C)c1ccc2[nH]ccc2c1F. The van der Waals surface area contributed by atoms with E-state index in [2.05, 4.69) is 4.98 Å². The first-order chi connectivity index (χ1) is 6.50. The first kappa shape index (κ1) is 9.25. The Morgan fingerprint density at radius 2 is 1.86 bits per heavy atom. The largest absolute Gasteiger partial charge is 0.361 e. The molecule has 0 aliphatic carbocycles. The Bertz CT molecular complexity index is 463. The summed E-state index contributed by atoms with van der Waals surface area (Å²) < 4.78 is 14.0. The van der Waals surface area contributed by atoms with Gasteiger partial charge in [-0.2, -0.15) is 0 Å². The van der Waals surface area contributed by atoms with Gasteiger partial charge in [0, 0.05) is 17.1 Å². The van der Waals surface area contributed by atoms with E-state index in [0.29, 0.717) is 5.39 Å². The topological polar surface area (TPSA) is 15.8 Å². The van der Waals surface area contributed by atoms with E-state index in [1.165, 1.54) is 0 Å². The van der Waals surface area contributed by atoms with Gasteiger partial charge in [0.15, 0.2) is 0 Å². The van der Waals surface area contributed by atoms with Crippen molar-refractivity contribution in [1.29, 1.82) is 0 Å². The molecule has 2 aromatic rings. The Morgan fingerprint density at radius 1 is 1.14 bits per heavy atom. The lowest BCUT2D eigenvalue weighted by atomic mass is 9.86. The minimum atomic E-state index is -0.143. The van der Waals surface area contributed by atoms with Crippen molar-refractivity contribution >= 4 is 10.9 Å². The monoisotopic (exact) mass is 191 g/mol. The van der Waals surface area contributed by atoms with E-state index >= 15 is 0 Å². The molecular formula is C12H14FN. The van der Waals surface area contributed by atoms with Crippen molar-refractivity contribution in [3.05, 3.63) is 35.8 Å². The maximum Gasteiger partial charge on any atom is 0.136 e. The summed E-state index contributed by atoms with van der Waals surface area (Å²) in [6.45, 7) is 6.05. The van der Waals surface area contributed by atoms with Gasteiger partial charge in [-0.1, -0.05) is 26.8 Å². The minimum Gasteiger partial charge on any atom is -0.361 e. The van der Waals surface area contributed by atoms with Crippen molar-refractivity contribution in [2.45, 2.75) is 26.2 Å². The number of hydrogen-bond acceptors (Lipinski definition) is 0. The molecule has 1 nitrogen and oxygen atoms in total. The smallest absolute Gasteiger partial charge is 0.136 e. The van der Waals surface area contributed by atoms with E-state index in [-0.39, 0.29) is 11.2 Å². The zero-order valence-electron chi connectivity index (χ0n) is 8.69. The predicted molar refractivity (Wildman–Crippen MR) is 57.0 cm³/mol. The number of nitrogens with one attached hydrogen (secondary N) is 1. The van der Waals surface area contributed by atoms with E-state index in [1.54, 1.807) is 12.3 Å². The predicted octanol–water partition coefficient (Wildman–Crippen LogP) is 3.60. The summed E-state index contributed by atoms with van der Waals surface area (Å²) in [4.78, 5) is 3.00. The third-order valence-electron chi connectivity index (χ3n) is 2.48. The van der Waals surface area contributed by atoms with Gasteiger partial charge in [-0.3, -0.25) is 0 Å². The summed E-state index contributed by atoms with van der Waals surface area (Å²) in [5.41, 5.74) is 1.48. The number of hydrogen-bond donors (Lipinski definition) is 1. The molecule has 0 atom stereocenters. The molecule has 0 fully saturated rings. The zero-order chi connectivity index (χ0) is 10.3. The van der Waals surface area contributed by atoms with Crippen LogP contribution in [0.1, 0.15) is 26.3 Å². The molecule has 0 saturated carbocycles. The fourth-order valence-corrected chi connectivity index (χ4v) is 1.68. The quantitative estimate of drug-likeness (QED) is 0.654. The zero-order valence-corrected chi connectivity index (χ0v) is 8.69. The molecule has 0 amide bonds. The van der Waals surface area contributed by atoms with Crippen LogP contribution in [-0.4, -0.2) is 4.98 Å². The third-order valence-corrected chi connectivity index (χ3v) is 2.48. The van der Waals surface area contributed by atoms with Crippen LogP contribution in [0.25, 0.3) is 10.9 Å². The molecule has 2 rings (SSSR count). The Kier molecular flexibility index (Phi) is 1.88. The van der Waals surface area contributed by atoms with Crippen LogP contribution in [0.4, 0.5) is 4.39 Å². The molecule has 0 saturated heterocycles. The Balaban J connectivity index is 2.74. The molecule has 0 aliphatic heterocycles. The standard InChI is InChI=1S/C12H14FN/c1-12(2,3)9-4-5-10-8(11(9)13)6-7-14-10/h4-7,14H,1-3H3. The van der Waals surface area contributed by atoms with Gasteiger partial charge in [0.2, 0.25) is 0 Å². The van der Waals surface area contributed by atoms with Crippen LogP contribution in [0.5, 0.6) is 0 Å². The van der Waals surface area contributed by atoms with Crippen molar-refractivity contribution in [2.24, 2.45) is 0 Å². The van der Waals surface area contributed by atoms with Crippen LogP contribution < -0.4 is 0 Å². The van der Waals surface area contributed by atoms with Crippen LogP contribution in [0.15, 0.2) is 24.4 Å². The van der Waals surface area contributed by atoms with Gasteiger partial charge in [-0.05, 0) is 23.1 Å². The second-order valence-corrected chi connectivity index (χ2v) is 4.62. The van der Waals surface area contributed by atoms with E-state index < -0.39 is 0 Å². The highest BCUT2D eigenvalue weighted by atomic mass is 19.1. The number of aromatic nitrogens is 1. The third kappa shape index (κ3) is 1.31. The Hall–Kier alpha value is -1.31. The molecule has 0 unspecified atom stereocenters. The molecule has 2 heteroatoms. The maximum atomic E-state index is 14.0. The fraction of sp³-hybridized carbons (Fsp3) is 0.333. The van der Waals surface area contributed by atoms with Crippen molar-refractivity contribution in [3.63, 3.8) is 0 Å². The Labute approximate surface area is 82.9 Å². The molecule has 74 valence electrons. The van der Waals surface area contributed by atoms with Crippen molar-refractivity contribution < 1.29 is 4.39 Å². The molecule has 0 spiro atoms. The van der Waals surface area contributed by atoms with Gasteiger partial charge in [0.1, 0.15) is 5.82 Å². The van der Waals surface area contributed by atoms with Gasteiger partial charge in [0.25, 0.3) is 0 Å². The molecule has 1 aromatic heterocycles. The second kappa shape index (κ2) is 2.84. The summed E-state index contributed by atoms with van der Waals surface area (Å²) in [7, 11) is 0. The molecular weight excluding hydrogens is 177 g/mol. The molecule has 1 N–H and O–H groups in total. The van der Waals surface area contributed by atoms with Crippen molar-refractivity contribution in [1.82, 2.24) is 4.98 Å². The Morgan fingerprint density at radius 3 is 2.50 bits per heavy atom. The van der Waals surface area contributed by atoms with Gasteiger partial charge >= 0.3 is 0 Å². The van der Waals surface area contributed by atoms with E-state index in [1.807, 2.05) is 32.9 Å². The van der Waals surface area contributed by atoms with Crippen LogP contribution in [0.3, 0.4) is 0 Å². The molecule has 1 aromatic carbocycles. The average Bonchev–Trinajstić information content (AvgIpc) is 2.50. The normalized spacial score (nSPS) is 12.3. The minimum absolute atomic E-state index is 0.101. The number of benzene rings is 1. The first-order valence-electron chi connectivity index (χ1n) is 4.76. The van der Waals surface area contributed by atoms with Crippen LogP contribution >= 0.6 is 0 Å². The molecule has 1 heterocycles. The number of fused-ring (bicyclic) bond motifs is 1. The summed E-state index contributed by atoms with van der Waals surface area (Å²) in [5, 5.41) is 0.678. The van der Waals surface area contributed by atoms with Crippen LogP contribution in [0, 0.1) is 5.82 Å². The van der Waals surface area contributed by atoms with E-state index in [4.69, 9.17) is 0 Å². The lowest BCUT2D eigenvalue weighted by molar-refractivity contribution is 0.529. The summed E-state index contributed by atoms with van der Waals surface area (Å²) in [6.07, 6.45) is 1.76. The second-order valence-electron chi connectivity index (χ2n) is 4.62. The van der Waals surface area contributed by atoms with Gasteiger partial charge in [-0.15, -0.1) is 0 Å². The summed E-state index contributed by atoms with van der Waals surface area (Å²) >= 11 is 0. The highest BCUT2D eigenvalue weighted by molar-refractivity contribution is 5.81. The maximum absolute atomic E-state index is 14.0. The lowest BCUT2D eigenvalue weighted by Gasteiger charge is -2.19. The first-order valence-corrected chi connectivity index (χ1v) is 4.76. The van der Waals surface area contributed by atoms with Crippen LogP contribution in [0.2, 0.25) is 0 Å². The van der Waals surface area contributed by atoms with Gasteiger partial charge in [0.05, 0.1) is 0 Å². The van der Waals surface area contributed by atoms with E-state index in [9.17, 15) is 4.39 Å². The van der Waals surface area contributed by atoms with E-state index in [0.717, 1.165) is 11.1 Å². The number of H-pyrrole nitrogens is 1. The molecule has 0 aliphatic rings. The van der Waals surface area contributed by atoms with Crippen molar-refractivity contribution in [3.8, 4) is 0 Å². The van der Waals surface area contributed by atoms with Gasteiger partial charge in [-0.25, -0.2) is 4.39 Å². The van der Waals surface area contributed by atoms with Gasteiger partial charge < -0.3 is 4.98 Å². The van der Waals surface area contributed by atoms with Crippen molar-refractivity contribution in [2.75, 3.05) is 0 Å². The number of aromatic amines is 1.